The van der Waals surface area contributed by atoms with Crippen molar-refractivity contribution in [1.29, 1.82) is 0 Å². The van der Waals surface area contributed by atoms with Gasteiger partial charge in [-0.15, -0.1) is 0 Å². The standard InChI is InChI=1S/C23H31NO4/c1-16(15-27-19-9-7-6-8-10-19)24-17(2)21(25)18-11-13-20(14-12-18)28-22(26)23(3,4)5/h6-14,16-17,21,24-25H,15H2,1-5H3. The van der Waals surface area contributed by atoms with Gasteiger partial charge >= 0.3 is 5.97 Å². The quantitative estimate of drug-likeness (QED) is 0.529. The number of esters is 1. The Bertz CT molecular complexity index is 737. The van der Waals surface area contributed by atoms with Gasteiger partial charge in [-0.25, -0.2) is 0 Å². The molecule has 0 aliphatic rings. The van der Waals surface area contributed by atoms with Gasteiger partial charge < -0.3 is 19.9 Å². The van der Waals surface area contributed by atoms with Gasteiger partial charge in [0.25, 0.3) is 0 Å². The maximum absolute atomic E-state index is 12.0. The lowest BCUT2D eigenvalue weighted by Crippen LogP contribution is -2.41. The van der Waals surface area contributed by atoms with Crippen molar-refractivity contribution >= 4 is 5.97 Å². The fourth-order valence-corrected chi connectivity index (χ4v) is 2.61. The normalized spacial score (nSPS) is 14.8. The second kappa shape index (κ2) is 9.71. The summed E-state index contributed by atoms with van der Waals surface area (Å²) in [6, 6.07) is 16.5. The molecule has 0 aliphatic heterocycles. The van der Waals surface area contributed by atoms with Gasteiger partial charge in [0.15, 0.2) is 0 Å². The van der Waals surface area contributed by atoms with Crippen LogP contribution in [0.3, 0.4) is 0 Å². The molecule has 28 heavy (non-hydrogen) atoms. The number of carbonyl (C=O) groups is 1. The SMILES string of the molecule is CC(COc1ccccc1)NC(C)C(O)c1ccc(OC(=O)C(C)(C)C)cc1. The summed E-state index contributed by atoms with van der Waals surface area (Å²) >= 11 is 0. The van der Waals surface area contributed by atoms with Crippen LogP contribution in [0.15, 0.2) is 54.6 Å². The monoisotopic (exact) mass is 385 g/mol. The van der Waals surface area contributed by atoms with Gasteiger partial charge in [-0.2, -0.15) is 0 Å². The van der Waals surface area contributed by atoms with Gasteiger partial charge in [-0.1, -0.05) is 30.3 Å². The Hall–Kier alpha value is -2.37. The number of aliphatic hydroxyl groups excluding tert-OH is 1. The lowest BCUT2D eigenvalue weighted by molar-refractivity contribution is -0.142. The van der Waals surface area contributed by atoms with Crippen LogP contribution in [0, 0.1) is 5.41 Å². The average Bonchev–Trinajstić information content (AvgIpc) is 2.66. The first-order valence-corrected chi connectivity index (χ1v) is 9.61. The number of carbonyl (C=O) groups excluding carboxylic acids is 1. The van der Waals surface area contributed by atoms with Crippen LogP contribution in [0.4, 0.5) is 0 Å². The fraction of sp³-hybridized carbons (Fsp3) is 0.435. The maximum atomic E-state index is 12.0. The van der Waals surface area contributed by atoms with E-state index >= 15 is 0 Å². The number of nitrogens with one attached hydrogen (secondary N) is 1. The molecule has 2 aromatic carbocycles. The van der Waals surface area contributed by atoms with Gasteiger partial charge in [-0.05, 0) is 64.4 Å². The van der Waals surface area contributed by atoms with E-state index in [4.69, 9.17) is 9.47 Å². The van der Waals surface area contributed by atoms with E-state index in [0.717, 1.165) is 11.3 Å². The minimum absolute atomic E-state index is 0.0665. The molecular weight excluding hydrogens is 354 g/mol. The number of ether oxygens (including phenoxy) is 2. The first-order chi connectivity index (χ1) is 13.2. The largest absolute Gasteiger partial charge is 0.492 e. The third-order valence-electron chi connectivity index (χ3n) is 4.31. The number of rotatable bonds is 8. The molecule has 3 atom stereocenters. The second-order valence-electron chi connectivity index (χ2n) is 8.13. The minimum atomic E-state index is -0.688. The molecule has 0 amide bonds. The number of benzene rings is 2. The Morgan fingerprint density at radius 1 is 1.00 bits per heavy atom. The van der Waals surface area contributed by atoms with Crippen LogP contribution in [-0.2, 0) is 4.79 Å². The highest BCUT2D eigenvalue weighted by Crippen LogP contribution is 2.23. The summed E-state index contributed by atoms with van der Waals surface area (Å²) in [6.45, 7) is 9.87. The average molecular weight is 386 g/mol. The Kier molecular flexibility index (Phi) is 7.61. The van der Waals surface area contributed by atoms with Crippen molar-refractivity contribution in [3.8, 4) is 11.5 Å². The predicted octanol–water partition coefficient (Wildman–Crippen LogP) is 4.12. The fourth-order valence-electron chi connectivity index (χ4n) is 2.61. The minimum Gasteiger partial charge on any atom is -0.492 e. The highest BCUT2D eigenvalue weighted by Gasteiger charge is 2.24. The number of para-hydroxylation sites is 1. The topological polar surface area (TPSA) is 67.8 Å². The van der Waals surface area contributed by atoms with E-state index in [9.17, 15) is 9.90 Å². The Morgan fingerprint density at radius 2 is 1.61 bits per heavy atom. The van der Waals surface area contributed by atoms with E-state index in [0.29, 0.717) is 12.4 Å². The van der Waals surface area contributed by atoms with Crippen LogP contribution in [0.1, 0.15) is 46.3 Å². The van der Waals surface area contributed by atoms with E-state index in [1.165, 1.54) is 0 Å². The van der Waals surface area contributed by atoms with E-state index in [2.05, 4.69) is 5.32 Å². The first kappa shape index (κ1) is 21.9. The molecule has 2 N–H and O–H groups in total. The molecule has 2 aromatic rings. The molecule has 5 heteroatoms. The number of hydrogen-bond acceptors (Lipinski definition) is 5. The van der Waals surface area contributed by atoms with Crippen molar-refractivity contribution in [2.75, 3.05) is 6.61 Å². The Morgan fingerprint density at radius 3 is 2.18 bits per heavy atom. The van der Waals surface area contributed by atoms with Crippen LogP contribution in [0.2, 0.25) is 0 Å². The molecule has 0 radical (unpaired) electrons. The van der Waals surface area contributed by atoms with Gasteiger partial charge in [0.05, 0.1) is 11.5 Å². The van der Waals surface area contributed by atoms with Gasteiger partial charge in [0.2, 0.25) is 0 Å². The van der Waals surface area contributed by atoms with E-state index in [1.54, 1.807) is 24.3 Å². The summed E-state index contributed by atoms with van der Waals surface area (Å²) in [5, 5.41) is 14.0. The summed E-state index contributed by atoms with van der Waals surface area (Å²) in [7, 11) is 0. The first-order valence-electron chi connectivity index (χ1n) is 9.61. The summed E-state index contributed by atoms with van der Waals surface area (Å²) < 4.78 is 11.1. The van der Waals surface area contributed by atoms with Crippen molar-refractivity contribution in [3.05, 3.63) is 60.2 Å². The van der Waals surface area contributed by atoms with Gasteiger partial charge in [-0.3, -0.25) is 4.79 Å². The lowest BCUT2D eigenvalue weighted by Gasteiger charge is -2.25. The summed E-state index contributed by atoms with van der Waals surface area (Å²) in [6.07, 6.45) is -0.688. The molecule has 0 spiro atoms. The van der Waals surface area contributed by atoms with Crippen molar-refractivity contribution < 1.29 is 19.4 Å². The zero-order chi connectivity index (χ0) is 20.7. The van der Waals surface area contributed by atoms with Crippen molar-refractivity contribution in [2.45, 2.75) is 52.8 Å². The molecule has 5 nitrogen and oxygen atoms in total. The molecule has 0 saturated carbocycles. The molecule has 0 aliphatic carbocycles. The Labute approximate surface area is 167 Å². The van der Waals surface area contributed by atoms with Crippen LogP contribution in [0.5, 0.6) is 11.5 Å². The molecule has 0 aromatic heterocycles. The van der Waals surface area contributed by atoms with E-state index < -0.39 is 11.5 Å². The van der Waals surface area contributed by atoms with Crippen molar-refractivity contribution in [1.82, 2.24) is 5.32 Å². The molecule has 3 unspecified atom stereocenters. The Balaban J connectivity index is 1.86. The van der Waals surface area contributed by atoms with Crippen LogP contribution in [-0.4, -0.2) is 29.8 Å². The van der Waals surface area contributed by atoms with E-state index in [-0.39, 0.29) is 18.1 Å². The third-order valence-corrected chi connectivity index (χ3v) is 4.31. The zero-order valence-corrected chi connectivity index (χ0v) is 17.3. The third kappa shape index (κ3) is 6.66. The van der Waals surface area contributed by atoms with Crippen LogP contribution >= 0.6 is 0 Å². The molecule has 0 fully saturated rings. The summed E-state index contributed by atoms with van der Waals surface area (Å²) in [5.41, 5.74) is 0.195. The predicted molar refractivity (Wildman–Crippen MR) is 110 cm³/mol. The summed E-state index contributed by atoms with van der Waals surface area (Å²) in [5.74, 6) is 1.01. The van der Waals surface area contributed by atoms with Crippen LogP contribution < -0.4 is 14.8 Å². The van der Waals surface area contributed by atoms with E-state index in [1.807, 2.05) is 65.0 Å². The summed E-state index contributed by atoms with van der Waals surface area (Å²) in [4.78, 5) is 12.0. The van der Waals surface area contributed by atoms with Gasteiger partial charge in [0.1, 0.15) is 18.1 Å². The molecule has 0 heterocycles. The van der Waals surface area contributed by atoms with Crippen LogP contribution in [0.25, 0.3) is 0 Å². The maximum Gasteiger partial charge on any atom is 0.316 e. The lowest BCUT2D eigenvalue weighted by atomic mass is 9.97. The molecule has 0 saturated heterocycles. The van der Waals surface area contributed by atoms with Crippen molar-refractivity contribution in [3.63, 3.8) is 0 Å². The smallest absolute Gasteiger partial charge is 0.316 e. The van der Waals surface area contributed by atoms with Gasteiger partial charge in [0, 0.05) is 12.1 Å². The highest BCUT2D eigenvalue weighted by molar-refractivity contribution is 5.77. The zero-order valence-electron chi connectivity index (χ0n) is 17.3. The highest BCUT2D eigenvalue weighted by atomic mass is 16.5. The van der Waals surface area contributed by atoms with Crippen molar-refractivity contribution in [2.24, 2.45) is 5.41 Å². The molecule has 2 rings (SSSR count). The molecular formula is C23H31NO4. The number of hydrogen-bond donors (Lipinski definition) is 2. The molecule has 0 bridgehead atoms. The molecule has 152 valence electrons. The second-order valence-corrected chi connectivity index (χ2v) is 8.13. The number of aliphatic hydroxyl groups is 1.